The van der Waals surface area contributed by atoms with Crippen LogP contribution in [0.3, 0.4) is 0 Å². The van der Waals surface area contributed by atoms with E-state index in [4.69, 9.17) is 9.05 Å². The fourth-order valence-corrected chi connectivity index (χ4v) is 8.08. The summed E-state index contributed by atoms with van der Waals surface area (Å²) in [5, 5.41) is 13.8. The van der Waals surface area contributed by atoms with Crippen molar-refractivity contribution >= 4 is 13.7 Å². The quantitative estimate of drug-likeness (QED) is 0.0243. The minimum atomic E-state index is -4.37. The maximum absolute atomic E-state index is 12.8. The number of aliphatic hydroxyl groups is 1. The van der Waals surface area contributed by atoms with Crippen molar-refractivity contribution < 1.29 is 32.9 Å². The third kappa shape index (κ3) is 47.9. The van der Waals surface area contributed by atoms with Gasteiger partial charge in [0.1, 0.15) is 13.2 Å². The third-order valence-corrected chi connectivity index (χ3v) is 12.4. The number of hydrogen-bond acceptors (Lipinski definition) is 5. The van der Waals surface area contributed by atoms with Crippen molar-refractivity contribution in [2.24, 2.45) is 0 Å². The molecule has 0 fully saturated rings. The number of nitrogens with one attached hydrogen (secondary N) is 1. The molecule has 0 saturated carbocycles. The van der Waals surface area contributed by atoms with E-state index in [0.717, 1.165) is 44.9 Å². The monoisotopic (exact) mass is 918 g/mol. The highest BCUT2D eigenvalue weighted by Crippen LogP contribution is 2.43. The van der Waals surface area contributed by atoms with E-state index in [1.807, 2.05) is 33.3 Å². The van der Waals surface area contributed by atoms with Crippen molar-refractivity contribution in [2.45, 2.75) is 231 Å². The summed E-state index contributed by atoms with van der Waals surface area (Å²) < 4.78 is 23.6. The Morgan fingerprint density at radius 2 is 0.922 bits per heavy atom. The Morgan fingerprint density at radius 1 is 0.547 bits per heavy atom. The van der Waals surface area contributed by atoms with Gasteiger partial charge >= 0.3 is 7.82 Å². The average molecular weight is 918 g/mol. The molecule has 372 valence electrons. The van der Waals surface area contributed by atoms with E-state index in [9.17, 15) is 19.4 Å². The average Bonchev–Trinajstić information content (AvgIpc) is 3.25. The Morgan fingerprint density at radius 3 is 1.31 bits per heavy atom. The van der Waals surface area contributed by atoms with Crippen molar-refractivity contribution in [3.63, 3.8) is 0 Å². The Labute approximate surface area is 395 Å². The summed E-state index contributed by atoms with van der Waals surface area (Å²) in [5.41, 5.74) is 0. The lowest BCUT2D eigenvalue weighted by Crippen LogP contribution is -2.45. The van der Waals surface area contributed by atoms with Crippen LogP contribution in [-0.4, -0.2) is 73.4 Å². The standard InChI is InChI=1S/C55H101N2O6P/c1-6-8-10-12-14-16-18-20-22-23-24-25-26-27-28-29-30-31-32-33-35-36-38-40-42-44-46-48-54(58)53(52-63-64(60,61)62-51-50-57(3,4)5)56-55(59)49-47-45-43-41-39-37-34-21-19-17-15-13-11-9-7-2/h9,11,15,17,21,34,39,41,45-48,53-54,58H,6-8,10,12-14,16,18-20,22-33,35-38,40,42-44,49-52H2,1-5H3,(H-,56,59,60,61)/p+1/b11-9-,17-15-,34-21-,41-39-,47-45-,48-46+. The first-order chi connectivity index (χ1) is 31.0. The van der Waals surface area contributed by atoms with Crippen molar-refractivity contribution in [3.05, 3.63) is 72.9 Å². The molecule has 1 amide bonds. The molecular weight excluding hydrogens is 816 g/mol. The van der Waals surface area contributed by atoms with Crippen molar-refractivity contribution in [1.29, 1.82) is 0 Å². The predicted molar refractivity (Wildman–Crippen MR) is 276 cm³/mol. The number of unbranched alkanes of at least 4 members (excludes halogenated alkanes) is 25. The van der Waals surface area contributed by atoms with E-state index >= 15 is 0 Å². The molecule has 0 bridgehead atoms. The van der Waals surface area contributed by atoms with Crippen LogP contribution in [0, 0.1) is 0 Å². The fraction of sp³-hybridized carbons (Fsp3) is 0.764. The molecule has 0 aromatic heterocycles. The summed E-state index contributed by atoms with van der Waals surface area (Å²) >= 11 is 0. The highest BCUT2D eigenvalue weighted by molar-refractivity contribution is 7.47. The minimum Gasteiger partial charge on any atom is -0.387 e. The lowest BCUT2D eigenvalue weighted by Gasteiger charge is -2.25. The number of amides is 1. The molecule has 3 unspecified atom stereocenters. The molecule has 0 aromatic rings. The zero-order chi connectivity index (χ0) is 47.1. The largest absolute Gasteiger partial charge is 0.472 e. The number of aliphatic hydroxyl groups excluding tert-OH is 1. The SMILES string of the molecule is CC/C=C\C/C=C\C/C=C\C/C=C\C/C=C\CC(=O)NC(COP(=O)(O)OCC[N+](C)(C)C)C(O)/C=C/CCCCCCCCCCCCCCCCCCCCCCCCCCC. The molecule has 0 aromatic carbocycles. The molecule has 0 saturated heterocycles. The second-order valence-electron chi connectivity index (χ2n) is 18.9. The summed E-state index contributed by atoms with van der Waals surface area (Å²) in [4.78, 5) is 23.1. The van der Waals surface area contributed by atoms with Gasteiger partial charge in [0.2, 0.25) is 5.91 Å². The maximum Gasteiger partial charge on any atom is 0.472 e. The number of phosphoric ester groups is 1. The van der Waals surface area contributed by atoms with Crippen molar-refractivity contribution in [3.8, 4) is 0 Å². The topological polar surface area (TPSA) is 105 Å². The summed E-state index contributed by atoms with van der Waals surface area (Å²) in [7, 11) is 1.51. The van der Waals surface area contributed by atoms with Crippen LogP contribution in [0.4, 0.5) is 0 Å². The van der Waals surface area contributed by atoms with Crippen molar-refractivity contribution in [2.75, 3.05) is 40.9 Å². The number of quaternary nitrogens is 1. The van der Waals surface area contributed by atoms with Gasteiger partial charge in [0, 0.05) is 6.42 Å². The van der Waals surface area contributed by atoms with Gasteiger partial charge in [-0.2, -0.15) is 0 Å². The smallest absolute Gasteiger partial charge is 0.387 e. The van der Waals surface area contributed by atoms with Gasteiger partial charge in [-0.1, -0.05) is 241 Å². The van der Waals surface area contributed by atoms with E-state index < -0.39 is 20.0 Å². The van der Waals surface area contributed by atoms with E-state index in [0.29, 0.717) is 17.4 Å². The van der Waals surface area contributed by atoms with Gasteiger partial charge in [0.25, 0.3) is 0 Å². The summed E-state index contributed by atoms with van der Waals surface area (Å²) in [6.45, 7) is 4.63. The molecule has 8 nitrogen and oxygen atoms in total. The van der Waals surface area contributed by atoms with E-state index in [2.05, 4.69) is 67.8 Å². The molecule has 0 radical (unpaired) electrons. The van der Waals surface area contributed by atoms with Gasteiger partial charge in [-0.25, -0.2) is 4.57 Å². The molecule has 0 aliphatic heterocycles. The Hall–Kier alpha value is -2.06. The first-order valence-corrected chi connectivity index (χ1v) is 27.8. The normalized spacial score (nSPS) is 14.7. The minimum absolute atomic E-state index is 0.0421. The first-order valence-electron chi connectivity index (χ1n) is 26.3. The van der Waals surface area contributed by atoms with Crippen LogP contribution in [0.2, 0.25) is 0 Å². The number of carbonyl (C=O) groups excluding carboxylic acids is 1. The third-order valence-electron chi connectivity index (χ3n) is 11.5. The van der Waals surface area contributed by atoms with Crippen LogP contribution in [0.15, 0.2) is 72.9 Å². The van der Waals surface area contributed by atoms with E-state index in [-0.39, 0.29) is 25.5 Å². The summed E-state index contributed by atoms with van der Waals surface area (Å²) in [5.74, 6) is -0.304. The van der Waals surface area contributed by atoms with Gasteiger partial charge in [-0.3, -0.25) is 13.8 Å². The maximum atomic E-state index is 12.8. The molecule has 9 heteroatoms. The predicted octanol–water partition coefficient (Wildman–Crippen LogP) is 15.5. The second kappa shape index (κ2) is 46.1. The molecule has 3 atom stereocenters. The summed E-state index contributed by atoms with van der Waals surface area (Å²) in [6.07, 6.45) is 63.2. The fourth-order valence-electron chi connectivity index (χ4n) is 7.35. The highest BCUT2D eigenvalue weighted by atomic mass is 31.2. The number of phosphoric acid groups is 1. The molecule has 3 N–H and O–H groups in total. The molecule has 0 aliphatic carbocycles. The van der Waals surface area contributed by atoms with Crippen LogP contribution >= 0.6 is 7.82 Å². The zero-order valence-corrected chi connectivity index (χ0v) is 43.1. The number of nitrogens with zero attached hydrogens (tertiary/aromatic N) is 1. The van der Waals surface area contributed by atoms with Gasteiger partial charge in [0.05, 0.1) is 39.9 Å². The Bertz CT molecular complexity index is 1270. The lowest BCUT2D eigenvalue weighted by atomic mass is 10.0. The summed E-state index contributed by atoms with van der Waals surface area (Å²) in [6, 6.07) is -0.905. The van der Waals surface area contributed by atoms with E-state index in [1.54, 1.807) is 12.2 Å². The number of carbonyl (C=O) groups is 1. The van der Waals surface area contributed by atoms with Gasteiger partial charge in [-0.15, -0.1) is 0 Å². The molecule has 0 rings (SSSR count). The van der Waals surface area contributed by atoms with Crippen LogP contribution in [0.5, 0.6) is 0 Å². The van der Waals surface area contributed by atoms with Crippen LogP contribution in [0.1, 0.15) is 219 Å². The first kappa shape index (κ1) is 61.9. The number of likely N-dealkylation sites (N-methyl/N-ethyl adjacent to an activating group) is 1. The Balaban J connectivity index is 4.29. The van der Waals surface area contributed by atoms with Gasteiger partial charge in [0.15, 0.2) is 0 Å². The molecule has 0 heterocycles. The number of allylic oxidation sites excluding steroid dienone is 10. The lowest BCUT2D eigenvalue weighted by molar-refractivity contribution is -0.870. The molecule has 64 heavy (non-hydrogen) atoms. The van der Waals surface area contributed by atoms with Crippen LogP contribution in [-0.2, 0) is 18.4 Å². The highest BCUT2D eigenvalue weighted by Gasteiger charge is 2.27. The van der Waals surface area contributed by atoms with Gasteiger partial charge < -0.3 is 19.8 Å². The van der Waals surface area contributed by atoms with Crippen LogP contribution in [0.25, 0.3) is 0 Å². The van der Waals surface area contributed by atoms with Crippen molar-refractivity contribution in [1.82, 2.24) is 5.32 Å². The molecule has 0 spiro atoms. The number of rotatable bonds is 47. The van der Waals surface area contributed by atoms with Crippen LogP contribution < -0.4 is 5.32 Å². The Kier molecular flexibility index (Phi) is 44.6. The van der Waals surface area contributed by atoms with Gasteiger partial charge in [-0.05, 0) is 44.9 Å². The molecule has 0 aliphatic rings. The second-order valence-corrected chi connectivity index (χ2v) is 20.3. The number of hydrogen-bond donors (Lipinski definition) is 3. The zero-order valence-electron chi connectivity index (χ0n) is 42.3. The van der Waals surface area contributed by atoms with E-state index in [1.165, 1.54) is 148 Å². The molecular formula is C55H102N2O6P+.